The van der Waals surface area contributed by atoms with Crippen LogP contribution >= 0.6 is 0 Å². The molecule has 3 heteroatoms. The van der Waals surface area contributed by atoms with Gasteiger partial charge in [0.15, 0.2) is 11.5 Å². The van der Waals surface area contributed by atoms with Crippen molar-refractivity contribution in [3.05, 3.63) is 23.3 Å². The summed E-state index contributed by atoms with van der Waals surface area (Å²) in [4.78, 5) is 0. The van der Waals surface area contributed by atoms with E-state index in [1.165, 1.54) is 11.1 Å². The van der Waals surface area contributed by atoms with Crippen molar-refractivity contribution in [1.29, 1.82) is 0 Å². The zero-order valence-corrected chi connectivity index (χ0v) is 10.5. The second kappa shape index (κ2) is 5.41. The van der Waals surface area contributed by atoms with E-state index in [0.717, 1.165) is 24.3 Å². The average Bonchev–Trinajstić information content (AvgIpc) is 2.35. The Morgan fingerprint density at radius 2 is 1.82 bits per heavy atom. The average molecular weight is 236 g/mol. The minimum atomic E-state index is 0.228. The van der Waals surface area contributed by atoms with E-state index >= 15 is 0 Å². The van der Waals surface area contributed by atoms with Gasteiger partial charge < -0.3 is 14.6 Å². The molecule has 0 saturated carbocycles. The Morgan fingerprint density at radius 1 is 1.18 bits per heavy atom. The molecule has 0 fully saturated rings. The van der Waals surface area contributed by atoms with Gasteiger partial charge in [-0.3, -0.25) is 0 Å². The van der Waals surface area contributed by atoms with Crippen LogP contribution in [0.15, 0.2) is 12.1 Å². The molecule has 0 aromatic heterocycles. The lowest BCUT2D eigenvalue weighted by atomic mass is 9.93. The van der Waals surface area contributed by atoms with Gasteiger partial charge in [0.05, 0.1) is 0 Å². The summed E-state index contributed by atoms with van der Waals surface area (Å²) >= 11 is 0. The largest absolute Gasteiger partial charge is 0.486 e. The lowest BCUT2D eigenvalue weighted by Gasteiger charge is -2.22. The van der Waals surface area contributed by atoms with Crippen molar-refractivity contribution in [3.63, 3.8) is 0 Å². The highest BCUT2D eigenvalue weighted by atomic mass is 16.6. The molecule has 1 aromatic rings. The summed E-state index contributed by atoms with van der Waals surface area (Å²) in [5.41, 5.74) is 2.56. The van der Waals surface area contributed by atoms with E-state index in [2.05, 4.69) is 26.0 Å². The van der Waals surface area contributed by atoms with Gasteiger partial charge in [0.25, 0.3) is 0 Å². The molecule has 0 atom stereocenters. The van der Waals surface area contributed by atoms with Crippen LogP contribution in [0.2, 0.25) is 0 Å². The van der Waals surface area contributed by atoms with Crippen LogP contribution in [-0.2, 0) is 6.42 Å². The van der Waals surface area contributed by atoms with Crippen LogP contribution in [0.1, 0.15) is 37.3 Å². The van der Waals surface area contributed by atoms with E-state index in [0.29, 0.717) is 19.1 Å². The number of ether oxygens (including phenoxy) is 2. The van der Waals surface area contributed by atoms with Gasteiger partial charge in [-0.1, -0.05) is 13.8 Å². The van der Waals surface area contributed by atoms with Crippen LogP contribution < -0.4 is 9.47 Å². The Bertz CT molecular complexity index is 385. The van der Waals surface area contributed by atoms with Gasteiger partial charge in [-0.05, 0) is 42.0 Å². The molecule has 0 aliphatic carbocycles. The van der Waals surface area contributed by atoms with Crippen LogP contribution in [0.3, 0.4) is 0 Å². The minimum absolute atomic E-state index is 0.228. The molecule has 94 valence electrons. The molecular weight excluding hydrogens is 216 g/mol. The number of aliphatic hydroxyl groups is 1. The highest BCUT2D eigenvalue weighted by Gasteiger charge is 2.16. The summed E-state index contributed by atoms with van der Waals surface area (Å²) in [6.45, 7) is 5.82. The van der Waals surface area contributed by atoms with E-state index in [1.54, 1.807) is 0 Å². The van der Waals surface area contributed by atoms with Crippen molar-refractivity contribution < 1.29 is 14.6 Å². The number of hydrogen-bond donors (Lipinski definition) is 1. The molecule has 0 radical (unpaired) electrons. The molecule has 2 rings (SSSR count). The van der Waals surface area contributed by atoms with Gasteiger partial charge in [-0.2, -0.15) is 0 Å². The van der Waals surface area contributed by atoms with Crippen molar-refractivity contribution in [3.8, 4) is 11.5 Å². The van der Waals surface area contributed by atoms with Crippen molar-refractivity contribution in [2.45, 2.75) is 32.6 Å². The van der Waals surface area contributed by atoms with Gasteiger partial charge in [0, 0.05) is 6.61 Å². The molecule has 1 aromatic carbocycles. The van der Waals surface area contributed by atoms with Crippen LogP contribution in [0, 0.1) is 0 Å². The fraction of sp³-hybridized carbons (Fsp3) is 0.571. The van der Waals surface area contributed by atoms with Crippen LogP contribution in [0.25, 0.3) is 0 Å². The third-order valence-electron chi connectivity index (χ3n) is 3.03. The highest BCUT2D eigenvalue weighted by Crippen LogP contribution is 2.36. The molecule has 3 nitrogen and oxygen atoms in total. The molecular formula is C14H20O3. The summed E-state index contributed by atoms with van der Waals surface area (Å²) in [5.74, 6) is 2.15. The number of rotatable bonds is 4. The van der Waals surface area contributed by atoms with Gasteiger partial charge in [0.1, 0.15) is 13.2 Å². The Hall–Kier alpha value is -1.22. The molecule has 0 amide bonds. The van der Waals surface area contributed by atoms with Gasteiger partial charge in [-0.15, -0.1) is 0 Å². The monoisotopic (exact) mass is 236 g/mol. The van der Waals surface area contributed by atoms with E-state index in [1.807, 2.05) is 0 Å². The third-order valence-corrected chi connectivity index (χ3v) is 3.03. The van der Waals surface area contributed by atoms with Gasteiger partial charge >= 0.3 is 0 Å². The Balaban J connectivity index is 2.33. The van der Waals surface area contributed by atoms with E-state index in [4.69, 9.17) is 14.6 Å². The topological polar surface area (TPSA) is 38.7 Å². The zero-order valence-electron chi connectivity index (χ0n) is 10.5. The van der Waals surface area contributed by atoms with Gasteiger partial charge in [0.2, 0.25) is 0 Å². The number of benzene rings is 1. The van der Waals surface area contributed by atoms with Crippen LogP contribution in [-0.4, -0.2) is 24.9 Å². The molecule has 0 unspecified atom stereocenters. The molecule has 0 spiro atoms. The molecule has 1 heterocycles. The lowest BCUT2D eigenvalue weighted by Crippen LogP contribution is -2.16. The smallest absolute Gasteiger partial charge is 0.161 e. The standard InChI is InChI=1S/C14H20O3/c1-10(2)12-9-14-13(16-6-7-17-14)8-11(12)4-3-5-15/h8-10,15H,3-7H2,1-2H3. The summed E-state index contributed by atoms with van der Waals surface area (Å²) < 4.78 is 11.2. The number of hydrogen-bond acceptors (Lipinski definition) is 3. The first-order valence-electron chi connectivity index (χ1n) is 6.25. The van der Waals surface area contributed by atoms with Crippen molar-refractivity contribution in [2.75, 3.05) is 19.8 Å². The summed E-state index contributed by atoms with van der Waals surface area (Å²) in [7, 11) is 0. The summed E-state index contributed by atoms with van der Waals surface area (Å²) in [6, 6.07) is 4.16. The molecule has 1 N–H and O–H groups in total. The molecule has 0 saturated heterocycles. The minimum Gasteiger partial charge on any atom is -0.486 e. The number of fused-ring (bicyclic) bond motifs is 1. The van der Waals surface area contributed by atoms with Crippen molar-refractivity contribution in [1.82, 2.24) is 0 Å². The molecule has 1 aliphatic rings. The first-order chi connectivity index (χ1) is 8.22. The second-order valence-corrected chi connectivity index (χ2v) is 4.68. The maximum Gasteiger partial charge on any atom is 0.161 e. The zero-order chi connectivity index (χ0) is 12.3. The second-order valence-electron chi connectivity index (χ2n) is 4.68. The summed E-state index contributed by atoms with van der Waals surface area (Å²) in [5, 5.41) is 8.94. The maximum absolute atomic E-state index is 8.94. The summed E-state index contributed by atoms with van der Waals surface area (Å²) in [6.07, 6.45) is 1.68. The molecule has 17 heavy (non-hydrogen) atoms. The molecule has 1 aliphatic heterocycles. The SMILES string of the molecule is CC(C)c1cc2c(cc1CCCO)OCCO2. The fourth-order valence-electron chi connectivity index (χ4n) is 2.17. The van der Waals surface area contributed by atoms with Gasteiger partial charge in [-0.25, -0.2) is 0 Å². The predicted octanol–water partition coefficient (Wildman–Crippen LogP) is 2.51. The van der Waals surface area contributed by atoms with Crippen LogP contribution in [0.4, 0.5) is 0 Å². The Morgan fingerprint density at radius 3 is 2.41 bits per heavy atom. The number of aryl methyl sites for hydroxylation is 1. The number of aliphatic hydroxyl groups excluding tert-OH is 1. The van der Waals surface area contributed by atoms with E-state index in [-0.39, 0.29) is 6.61 Å². The Kier molecular flexibility index (Phi) is 3.89. The van der Waals surface area contributed by atoms with Crippen LogP contribution in [0.5, 0.6) is 11.5 Å². The quantitative estimate of drug-likeness (QED) is 0.873. The van der Waals surface area contributed by atoms with Crippen molar-refractivity contribution in [2.24, 2.45) is 0 Å². The highest BCUT2D eigenvalue weighted by molar-refractivity contribution is 5.49. The van der Waals surface area contributed by atoms with E-state index in [9.17, 15) is 0 Å². The predicted molar refractivity (Wildman–Crippen MR) is 66.9 cm³/mol. The normalized spacial score (nSPS) is 14.1. The van der Waals surface area contributed by atoms with E-state index < -0.39 is 0 Å². The maximum atomic E-state index is 8.94. The van der Waals surface area contributed by atoms with Crippen molar-refractivity contribution >= 4 is 0 Å². The Labute approximate surface area is 102 Å². The lowest BCUT2D eigenvalue weighted by molar-refractivity contribution is 0.171. The molecule has 0 bridgehead atoms. The fourth-order valence-corrected chi connectivity index (χ4v) is 2.17. The first-order valence-corrected chi connectivity index (χ1v) is 6.25. The third kappa shape index (κ3) is 2.72. The first kappa shape index (κ1) is 12.2.